The van der Waals surface area contributed by atoms with E-state index in [9.17, 15) is 9.59 Å². The zero-order valence-electron chi connectivity index (χ0n) is 14.6. The third-order valence-electron chi connectivity index (χ3n) is 4.62. The molecule has 1 fully saturated rings. The number of carboxylic acid groups (broad SMARTS) is 1. The Hall–Kier alpha value is -2.82. The topological polar surface area (TPSA) is 66.8 Å². The predicted octanol–water partition coefficient (Wildman–Crippen LogP) is 3.88. The molecule has 5 nitrogen and oxygen atoms in total. The summed E-state index contributed by atoms with van der Waals surface area (Å²) in [6.07, 6.45) is 3.20. The molecule has 136 valence electrons. The number of hydrogen-bond donors (Lipinski definition) is 1. The Labute approximate surface area is 153 Å². The van der Waals surface area contributed by atoms with Crippen molar-refractivity contribution in [3.8, 4) is 11.5 Å². The second kappa shape index (κ2) is 8.52. The quantitative estimate of drug-likeness (QED) is 0.820. The molecule has 26 heavy (non-hydrogen) atoms. The molecule has 0 unspecified atom stereocenters. The van der Waals surface area contributed by atoms with Gasteiger partial charge in [0, 0.05) is 13.0 Å². The molecule has 0 spiro atoms. The molecule has 1 heterocycles. The van der Waals surface area contributed by atoms with Crippen LogP contribution in [0.3, 0.4) is 0 Å². The number of benzene rings is 2. The van der Waals surface area contributed by atoms with E-state index in [1.54, 1.807) is 0 Å². The molecule has 0 bridgehead atoms. The molecule has 1 saturated heterocycles. The van der Waals surface area contributed by atoms with E-state index in [4.69, 9.17) is 9.84 Å². The largest absolute Gasteiger partial charge is 0.480 e. The van der Waals surface area contributed by atoms with Crippen molar-refractivity contribution in [3.63, 3.8) is 0 Å². The van der Waals surface area contributed by atoms with E-state index in [2.05, 4.69) is 0 Å². The summed E-state index contributed by atoms with van der Waals surface area (Å²) < 4.78 is 5.76. The number of hydrogen-bond acceptors (Lipinski definition) is 3. The maximum atomic E-state index is 12.3. The summed E-state index contributed by atoms with van der Waals surface area (Å²) in [4.78, 5) is 24.9. The van der Waals surface area contributed by atoms with Gasteiger partial charge >= 0.3 is 5.97 Å². The number of aryl methyl sites for hydroxylation is 1. The van der Waals surface area contributed by atoms with Gasteiger partial charge in [-0.25, -0.2) is 4.79 Å². The monoisotopic (exact) mass is 353 g/mol. The Morgan fingerprint density at radius 1 is 1.04 bits per heavy atom. The highest BCUT2D eigenvalue weighted by Crippen LogP contribution is 2.22. The zero-order valence-corrected chi connectivity index (χ0v) is 14.6. The first-order valence-corrected chi connectivity index (χ1v) is 8.97. The fourth-order valence-electron chi connectivity index (χ4n) is 3.26. The van der Waals surface area contributed by atoms with Crippen LogP contribution in [0.4, 0.5) is 0 Å². The molecule has 1 aliphatic heterocycles. The predicted molar refractivity (Wildman–Crippen MR) is 98.3 cm³/mol. The lowest BCUT2D eigenvalue weighted by molar-refractivity contribution is -0.148. The lowest BCUT2D eigenvalue weighted by Crippen LogP contribution is -2.40. The number of carboxylic acids is 1. The van der Waals surface area contributed by atoms with Gasteiger partial charge < -0.3 is 14.7 Å². The van der Waals surface area contributed by atoms with Crippen molar-refractivity contribution in [2.24, 2.45) is 0 Å². The van der Waals surface area contributed by atoms with Gasteiger partial charge in [0.1, 0.15) is 17.5 Å². The average molecular weight is 353 g/mol. The Morgan fingerprint density at radius 2 is 1.73 bits per heavy atom. The second-order valence-corrected chi connectivity index (χ2v) is 6.50. The van der Waals surface area contributed by atoms with Gasteiger partial charge in [0.05, 0.1) is 0 Å². The van der Waals surface area contributed by atoms with Crippen LogP contribution in [0.2, 0.25) is 0 Å². The highest BCUT2D eigenvalue weighted by molar-refractivity contribution is 5.84. The van der Waals surface area contributed by atoms with Crippen LogP contribution in [0.25, 0.3) is 0 Å². The molecule has 0 aliphatic carbocycles. The first kappa shape index (κ1) is 18.0. The number of aliphatic carboxylic acids is 1. The molecule has 0 aromatic heterocycles. The van der Waals surface area contributed by atoms with Gasteiger partial charge in [0.2, 0.25) is 5.91 Å². The number of ether oxygens (including phenoxy) is 1. The summed E-state index contributed by atoms with van der Waals surface area (Å²) >= 11 is 0. The van der Waals surface area contributed by atoms with Crippen LogP contribution in [-0.4, -0.2) is 34.5 Å². The summed E-state index contributed by atoms with van der Waals surface area (Å²) in [5, 5.41) is 9.16. The number of amides is 1. The maximum absolute atomic E-state index is 12.3. The molecule has 0 saturated carbocycles. The second-order valence-electron chi connectivity index (χ2n) is 6.50. The van der Waals surface area contributed by atoms with Gasteiger partial charge in [-0.3, -0.25) is 4.79 Å². The smallest absolute Gasteiger partial charge is 0.326 e. The number of carbonyl (C=O) groups excluding carboxylic acids is 1. The van der Waals surface area contributed by atoms with Gasteiger partial charge in [0.15, 0.2) is 0 Å². The molecule has 3 rings (SSSR count). The number of para-hydroxylation sites is 1. The highest BCUT2D eigenvalue weighted by Gasteiger charge is 2.33. The minimum absolute atomic E-state index is 0.0565. The Morgan fingerprint density at radius 3 is 2.42 bits per heavy atom. The van der Waals surface area contributed by atoms with Crippen LogP contribution in [0.15, 0.2) is 54.6 Å². The van der Waals surface area contributed by atoms with E-state index in [1.807, 2.05) is 54.6 Å². The van der Waals surface area contributed by atoms with Crippen LogP contribution in [0, 0.1) is 0 Å². The van der Waals surface area contributed by atoms with E-state index in [-0.39, 0.29) is 5.91 Å². The SMILES string of the molecule is O=C(O)[C@@H]1CCCN1C(=O)CCCc1ccc(Oc2ccccc2)cc1. The van der Waals surface area contributed by atoms with E-state index < -0.39 is 12.0 Å². The minimum Gasteiger partial charge on any atom is -0.480 e. The van der Waals surface area contributed by atoms with Gasteiger partial charge in [-0.15, -0.1) is 0 Å². The minimum atomic E-state index is -0.898. The van der Waals surface area contributed by atoms with Crippen LogP contribution in [-0.2, 0) is 16.0 Å². The van der Waals surface area contributed by atoms with Crippen molar-refractivity contribution >= 4 is 11.9 Å². The number of carbonyl (C=O) groups is 2. The Bertz CT molecular complexity index is 742. The van der Waals surface area contributed by atoms with Crippen molar-refractivity contribution in [1.29, 1.82) is 0 Å². The first-order valence-electron chi connectivity index (χ1n) is 8.97. The summed E-state index contributed by atoms with van der Waals surface area (Å²) in [7, 11) is 0. The van der Waals surface area contributed by atoms with E-state index in [0.717, 1.165) is 29.9 Å². The molecule has 1 amide bonds. The van der Waals surface area contributed by atoms with Crippen molar-refractivity contribution in [1.82, 2.24) is 4.90 Å². The average Bonchev–Trinajstić information content (AvgIpc) is 3.14. The van der Waals surface area contributed by atoms with Gasteiger partial charge in [-0.05, 0) is 55.5 Å². The van der Waals surface area contributed by atoms with E-state index in [0.29, 0.717) is 25.8 Å². The van der Waals surface area contributed by atoms with Crippen molar-refractivity contribution in [2.75, 3.05) is 6.54 Å². The lowest BCUT2D eigenvalue weighted by Gasteiger charge is -2.21. The van der Waals surface area contributed by atoms with E-state index in [1.165, 1.54) is 4.90 Å². The third-order valence-corrected chi connectivity index (χ3v) is 4.62. The highest BCUT2D eigenvalue weighted by atomic mass is 16.5. The normalized spacial score (nSPS) is 16.5. The molecule has 1 N–H and O–H groups in total. The Balaban J connectivity index is 1.46. The first-order chi connectivity index (χ1) is 12.6. The summed E-state index contributed by atoms with van der Waals surface area (Å²) in [5.74, 6) is 0.616. The molecular formula is C21H23NO4. The number of nitrogens with zero attached hydrogens (tertiary/aromatic N) is 1. The molecule has 2 aromatic carbocycles. The number of likely N-dealkylation sites (tertiary alicyclic amines) is 1. The van der Waals surface area contributed by atoms with Gasteiger partial charge in [0.25, 0.3) is 0 Å². The number of rotatable bonds is 7. The van der Waals surface area contributed by atoms with Crippen molar-refractivity contribution in [3.05, 3.63) is 60.2 Å². The zero-order chi connectivity index (χ0) is 18.4. The summed E-state index contributed by atoms with van der Waals surface area (Å²) in [5.41, 5.74) is 1.13. The summed E-state index contributed by atoms with van der Waals surface area (Å²) in [6.45, 7) is 0.557. The molecule has 5 heteroatoms. The lowest BCUT2D eigenvalue weighted by atomic mass is 10.1. The third kappa shape index (κ3) is 4.63. The molecule has 2 aromatic rings. The molecule has 1 atom stereocenters. The standard InChI is InChI=1S/C21H23NO4/c23-20(22-15-5-9-19(22)21(24)25)10-4-6-16-11-13-18(14-12-16)26-17-7-2-1-3-8-17/h1-3,7-8,11-14,19H,4-6,9-10,15H2,(H,24,25)/t19-/m0/s1. The Kier molecular flexibility index (Phi) is 5.89. The van der Waals surface area contributed by atoms with Crippen LogP contribution in [0.5, 0.6) is 11.5 Å². The van der Waals surface area contributed by atoms with Gasteiger partial charge in [-0.1, -0.05) is 30.3 Å². The molecular weight excluding hydrogens is 330 g/mol. The van der Waals surface area contributed by atoms with Crippen molar-refractivity contribution in [2.45, 2.75) is 38.1 Å². The summed E-state index contributed by atoms with van der Waals surface area (Å²) in [6, 6.07) is 16.8. The van der Waals surface area contributed by atoms with Gasteiger partial charge in [-0.2, -0.15) is 0 Å². The molecule has 1 aliphatic rings. The molecule has 0 radical (unpaired) electrons. The fraction of sp³-hybridized carbons (Fsp3) is 0.333. The maximum Gasteiger partial charge on any atom is 0.326 e. The van der Waals surface area contributed by atoms with Crippen LogP contribution >= 0.6 is 0 Å². The fourth-order valence-corrected chi connectivity index (χ4v) is 3.26. The van der Waals surface area contributed by atoms with Crippen molar-refractivity contribution < 1.29 is 19.4 Å². The van der Waals surface area contributed by atoms with E-state index >= 15 is 0 Å². The van der Waals surface area contributed by atoms with Crippen LogP contribution < -0.4 is 4.74 Å². The van der Waals surface area contributed by atoms with Crippen LogP contribution in [0.1, 0.15) is 31.2 Å².